The van der Waals surface area contributed by atoms with Gasteiger partial charge >= 0.3 is 0 Å². The number of carbonyl (C=O) groups is 1. The Morgan fingerprint density at radius 2 is 1.69 bits per heavy atom. The highest BCUT2D eigenvalue weighted by atomic mass is 16.5. The summed E-state index contributed by atoms with van der Waals surface area (Å²) >= 11 is 0. The Morgan fingerprint density at radius 1 is 1.00 bits per heavy atom. The number of nitrogens with zero attached hydrogens (tertiary/aromatic N) is 2. The Morgan fingerprint density at radius 3 is 2.31 bits per heavy atom. The molecular weight excluding hydrogens is 440 g/mol. The first-order valence-electron chi connectivity index (χ1n) is 12.3. The second kappa shape index (κ2) is 11.4. The Balaban J connectivity index is 1.30. The maximum absolute atomic E-state index is 13.1. The van der Waals surface area contributed by atoms with E-state index in [-0.39, 0.29) is 23.0 Å². The summed E-state index contributed by atoms with van der Waals surface area (Å²) in [6.07, 6.45) is 2.19. The zero-order chi connectivity index (χ0) is 24.8. The Kier molecular flexibility index (Phi) is 8.03. The van der Waals surface area contributed by atoms with Crippen molar-refractivity contribution in [2.75, 3.05) is 26.2 Å². The predicted molar refractivity (Wildman–Crippen MR) is 137 cm³/mol. The first kappa shape index (κ1) is 24.7. The third-order valence-electron chi connectivity index (χ3n) is 6.50. The normalized spacial score (nSPS) is 15.1. The van der Waals surface area contributed by atoms with Gasteiger partial charge in [0.2, 0.25) is 17.1 Å². The minimum absolute atomic E-state index is 0.1000. The lowest BCUT2D eigenvalue weighted by Gasteiger charge is -2.36. The molecule has 0 saturated carbocycles. The van der Waals surface area contributed by atoms with E-state index in [1.165, 1.54) is 12.3 Å². The fourth-order valence-corrected chi connectivity index (χ4v) is 4.75. The summed E-state index contributed by atoms with van der Waals surface area (Å²) in [6, 6.07) is 17.7. The van der Waals surface area contributed by atoms with Crippen molar-refractivity contribution in [3.8, 4) is 5.75 Å². The van der Waals surface area contributed by atoms with Crippen molar-refractivity contribution < 1.29 is 13.9 Å². The molecule has 0 bridgehead atoms. The van der Waals surface area contributed by atoms with Gasteiger partial charge in [-0.15, -0.1) is 0 Å². The highest BCUT2D eigenvalue weighted by Crippen LogP contribution is 2.23. The molecule has 6 heteroatoms. The molecule has 2 aromatic carbocycles. The molecule has 4 rings (SSSR count). The van der Waals surface area contributed by atoms with E-state index in [1.807, 2.05) is 49.1 Å². The van der Waals surface area contributed by atoms with Crippen LogP contribution in [0, 0.1) is 13.8 Å². The summed E-state index contributed by atoms with van der Waals surface area (Å²) in [7, 11) is 0. The third kappa shape index (κ3) is 6.40. The molecule has 1 saturated heterocycles. The summed E-state index contributed by atoms with van der Waals surface area (Å²) < 4.78 is 11.4. The smallest absolute Gasteiger partial charge is 0.230 e. The molecule has 1 aliphatic rings. The van der Waals surface area contributed by atoms with Crippen LogP contribution in [0.25, 0.3) is 0 Å². The van der Waals surface area contributed by atoms with Gasteiger partial charge in [-0.2, -0.15) is 0 Å². The van der Waals surface area contributed by atoms with Crippen LogP contribution < -0.4 is 10.2 Å². The Bertz CT molecular complexity index is 1180. The lowest BCUT2D eigenvalue weighted by atomic mass is 9.95. The molecule has 1 atom stereocenters. The minimum atomic E-state index is -0.182. The molecule has 1 aliphatic heterocycles. The third-order valence-corrected chi connectivity index (χ3v) is 6.50. The first-order valence-corrected chi connectivity index (χ1v) is 12.3. The molecule has 2 heterocycles. The number of aryl methyl sites for hydroxylation is 2. The molecule has 0 radical (unpaired) electrons. The SMILES string of the molecule is CCC(C(=O)N1CCN(Cc2cc(=O)c(OCc3cc(C)cc(C)c3)co2)CC1)c1ccccc1. The van der Waals surface area contributed by atoms with Gasteiger partial charge in [0.05, 0.1) is 12.5 Å². The van der Waals surface area contributed by atoms with Crippen molar-refractivity contribution in [3.05, 3.63) is 99.1 Å². The summed E-state index contributed by atoms with van der Waals surface area (Å²) in [5.74, 6) is 0.909. The van der Waals surface area contributed by atoms with Crippen molar-refractivity contribution in [3.63, 3.8) is 0 Å². The number of carbonyl (C=O) groups excluding carboxylic acids is 1. The van der Waals surface area contributed by atoms with Gasteiger partial charge < -0.3 is 14.1 Å². The fourth-order valence-electron chi connectivity index (χ4n) is 4.75. The lowest BCUT2D eigenvalue weighted by molar-refractivity contribution is -0.134. The van der Waals surface area contributed by atoms with Gasteiger partial charge in [-0.1, -0.05) is 66.6 Å². The van der Waals surface area contributed by atoms with Gasteiger partial charge in [0.25, 0.3) is 0 Å². The summed E-state index contributed by atoms with van der Waals surface area (Å²) in [6.45, 7) is 9.82. The van der Waals surface area contributed by atoms with E-state index in [0.29, 0.717) is 32.0 Å². The van der Waals surface area contributed by atoms with Crippen LogP contribution in [-0.2, 0) is 17.9 Å². The minimum Gasteiger partial charge on any atom is -0.482 e. The lowest BCUT2D eigenvalue weighted by Crippen LogP contribution is -2.49. The van der Waals surface area contributed by atoms with Crippen molar-refractivity contribution in [2.45, 2.75) is 46.3 Å². The van der Waals surface area contributed by atoms with Crippen LogP contribution in [0.3, 0.4) is 0 Å². The van der Waals surface area contributed by atoms with Gasteiger partial charge in [0.15, 0.2) is 0 Å². The highest BCUT2D eigenvalue weighted by Gasteiger charge is 2.27. The van der Waals surface area contributed by atoms with Crippen molar-refractivity contribution >= 4 is 5.91 Å². The zero-order valence-electron chi connectivity index (χ0n) is 20.8. The molecule has 0 aliphatic carbocycles. The van der Waals surface area contributed by atoms with E-state index >= 15 is 0 Å². The molecule has 0 N–H and O–H groups in total. The summed E-state index contributed by atoms with van der Waals surface area (Å²) in [4.78, 5) is 29.8. The number of hydrogen-bond donors (Lipinski definition) is 0. The average Bonchev–Trinajstić information content (AvgIpc) is 2.84. The number of amides is 1. The molecule has 1 fully saturated rings. The Labute approximate surface area is 207 Å². The van der Waals surface area contributed by atoms with Crippen LogP contribution in [0.4, 0.5) is 0 Å². The van der Waals surface area contributed by atoms with E-state index in [9.17, 15) is 9.59 Å². The summed E-state index contributed by atoms with van der Waals surface area (Å²) in [5.41, 5.74) is 4.24. The maximum Gasteiger partial charge on any atom is 0.230 e. The number of ether oxygens (including phenoxy) is 1. The van der Waals surface area contributed by atoms with Crippen LogP contribution in [0.1, 0.15) is 47.3 Å². The summed E-state index contributed by atoms with van der Waals surface area (Å²) in [5, 5.41) is 0. The number of piperazine rings is 1. The second-order valence-electron chi connectivity index (χ2n) is 9.33. The largest absolute Gasteiger partial charge is 0.482 e. The van der Waals surface area contributed by atoms with E-state index in [1.54, 1.807) is 0 Å². The monoisotopic (exact) mass is 474 g/mol. The van der Waals surface area contributed by atoms with Gasteiger partial charge in [-0.05, 0) is 31.4 Å². The topological polar surface area (TPSA) is 63.0 Å². The number of rotatable bonds is 8. The average molecular weight is 475 g/mol. The molecule has 3 aromatic rings. The van der Waals surface area contributed by atoms with Crippen molar-refractivity contribution in [1.82, 2.24) is 9.80 Å². The number of benzene rings is 2. The highest BCUT2D eigenvalue weighted by molar-refractivity contribution is 5.83. The maximum atomic E-state index is 13.1. The zero-order valence-corrected chi connectivity index (χ0v) is 20.8. The van der Waals surface area contributed by atoms with Crippen LogP contribution >= 0.6 is 0 Å². The quantitative estimate of drug-likeness (QED) is 0.475. The van der Waals surface area contributed by atoms with E-state index in [2.05, 4.69) is 30.0 Å². The molecular formula is C29H34N2O4. The Hall–Kier alpha value is -3.38. The molecule has 1 aromatic heterocycles. The van der Waals surface area contributed by atoms with Gasteiger partial charge in [-0.25, -0.2) is 0 Å². The van der Waals surface area contributed by atoms with Crippen LogP contribution in [0.15, 0.2) is 70.1 Å². The molecule has 0 spiro atoms. The van der Waals surface area contributed by atoms with Crippen molar-refractivity contribution in [2.24, 2.45) is 0 Å². The molecule has 1 amide bonds. The van der Waals surface area contributed by atoms with Crippen LogP contribution in [0.5, 0.6) is 5.75 Å². The van der Waals surface area contributed by atoms with Gasteiger partial charge in [-0.3, -0.25) is 14.5 Å². The fraction of sp³-hybridized carbons (Fsp3) is 0.379. The van der Waals surface area contributed by atoms with Crippen LogP contribution in [-0.4, -0.2) is 41.9 Å². The number of hydrogen-bond acceptors (Lipinski definition) is 5. The molecule has 35 heavy (non-hydrogen) atoms. The van der Waals surface area contributed by atoms with E-state index in [0.717, 1.165) is 41.8 Å². The van der Waals surface area contributed by atoms with Gasteiger partial charge in [0, 0.05) is 32.2 Å². The second-order valence-corrected chi connectivity index (χ2v) is 9.33. The predicted octanol–water partition coefficient (Wildman–Crippen LogP) is 4.67. The van der Waals surface area contributed by atoms with Crippen LogP contribution in [0.2, 0.25) is 0 Å². The first-order chi connectivity index (χ1) is 16.9. The standard InChI is InChI=1S/C29H34N2O4/c1-4-26(24-8-6-5-7-9-24)29(33)31-12-10-30(11-13-31)18-25-17-27(32)28(20-34-25)35-19-23-15-21(2)14-22(3)16-23/h5-9,14-17,20,26H,4,10-13,18-19H2,1-3H3. The molecule has 184 valence electrons. The molecule has 1 unspecified atom stereocenters. The molecule has 6 nitrogen and oxygen atoms in total. The van der Waals surface area contributed by atoms with E-state index in [4.69, 9.17) is 9.15 Å². The van der Waals surface area contributed by atoms with Gasteiger partial charge in [0.1, 0.15) is 18.6 Å². The van der Waals surface area contributed by atoms with Crippen molar-refractivity contribution in [1.29, 1.82) is 0 Å². The van der Waals surface area contributed by atoms with E-state index < -0.39 is 0 Å².